The van der Waals surface area contributed by atoms with Crippen molar-refractivity contribution in [2.75, 3.05) is 38.1 Å². The minimum atomic E-state index is -0.0266. The summed E-state index contributed by atoms with van der Waals surface area (Å²) in [7, 11) is 2.18. The van der Waals surface area contributed by atoms with Gasteiger partial charge in [0.2, 0.25) is 0 Å². The van der Waals surface area contributed by atoms with Gasteiger partial charge in [0.25, 0.3) is 0 Å². The van der Waals surface area contributed by atoms with Crippen LogP contribution < -0.4 is 4.90 Å². The Morgan fingerprint density at radius 3 is 2.53 bits per heavy atom. The lowest BCUT2D eigenvalue weighted by atomic mass is 9.96. The van der Waals surface area contributed by atoms with Gasteiger partial charge in [0.05, 0.1) is 0 Å². The van der Waals surface area contributed by atoms with Gasteiger partial charge in [0.15, 0.2) is 0 Å². The molecule has 5 heteroatoms. The summed E-state index contributed by atoms with van der Waals surface area (Å²) in [6, 6.07) is 2.03. The Hall–Kier alpha value is -0.680. The molecule has 4 nitrogen and oxygen atoms in total. The van der Waals surface area contributed by atoms with Crippen molar-refractivity contribution in [1.29, 1.82) is 0 Å². The van der Waals surface area contributed by atoms with Crippen LogP contribution in [0.1, 0.15) is 33.0 Å². The third kappa shape index (κ3) is 3.89. The van der Waals surface area contributed by atoms with Gasteiger partial charge in [0, 0.05) is 31.1 Å². The molecule has 0 N–H and O–H groups in total. The lowest BCUT2D eigenvalue weighted by molar-refractivity contribution is 0.360. The Labute approximate surface area is 124 Å². The molecule has 19 heavy (non-hydrogen) atoms. The van der Waals surface area contributed by atoms with E-state index in [0.717, 1.165) is 42.4 Å². The maximum absolute atomic E-state index is 4.76. The maximum Gasteiger partial charge on any atom is 0.137 e. The fraction of sp³-hybridized carbons (Fsp3) is 0.714. The molecule has 1 aliphatic rings. The van der Waals surface area contributed by atoms with Gasteiger partial charge in [-0.25, -0.2) is 9.97 Å². The molecule has 0 bridgehead atoms. The van der Waals surface area contributed by atoms with Gasteiger partial charge in [-0.2, -0.15) is 0 Å². The van der Waals surface area contributed by atoms with Gasteiger partial charge >= 0.3 is 0 Å². The van der Waals surface area contributed by atoms with Crippen molar-refractivity contribution in [2.45, 2.75) is 32.6 Å². The number of nitrogens with zero attached hydrogens (tertiary/aromatic N) is 4. The number of hydrogen-bond donors (Lipinski definition) is 0. The van der Waals surface area contributed by atoms with Crippen molar-refractivity contribution in [1.82, 2.24) is 14.9 Å². The first kappa shape index (κ1) is 14.7. The van der Waals surface area contributed by atoms with Crippen LogP contribution in [0.15, 0.2) is 10.7 Å². The molecule has 0 unspecified atom stereocenters. The third-order valence-corrected chi connectivity index (χ3v) is 3.80. The first-order valence-electron chi connectivity index (χ1n) is 6.85. The minimum Gasteiger partial charge on any atom is -0.355 e. The highest BCUT2D eigenvalue weighted by molar-refractivity contribution is 9.10. The zero-order chi connectivity index (χ0) is 14.0. The molecule has 2 heterocycles. The molecule has 1 saturated heterocycles. The smallest absolute Gasteiger partial charge is 0.137 e. The SMILES string of the molecule is CN1CCCN(c2cc(Br)nc(C(C)(C)C)n2)CC1. The Morgan fingerprint density at radius 2 is 1.84 bits per heavy atom. The van der Waals surface area contributed by atoms with E-state index in [1.54, 1.807) is 0 Å². The quantitative estimate of drug-likeness (QED) is 0.743. The summed E-state index contributed by atoms with van der Waals surface area (Å²) in [6.45, 7) is 10.8. The fourth-order valence-electron chi connectivity index (χ4n) is 2.18. The van der Waals surface area contributed by atoms with E-state index in [9.17, 15) is 0 Å². The van der Waals surface area contributed by atoms with E-state index in [-0.39, 0.29) is 5.41 Å². The predicted molar refractivity (Wildman–Crippen MR) is 82.8 cm³/mol. The second kappa shape index (κ2) is 5.75. The van der Waals surface area contributed by atoms with Crippen LogP contribution in [-0.4, -0.2) is 48.1 Å². The molecule has 1 fully saturated rings. The number of aromatic nitrogens is 2. The number of rotatable bonds is 1. The van der Waals surface area contributed by atoms with E-state index in [0.29, 0.717) is 0 Å². The number of anilines is 1. The molecule has 1 aliphatic heterocycles. The van der Waals surface area contributed by atoms with Crippen LogP contribution in [0.3, 0.4) is 0 Å². The molecule has 0 amide bonds. The molecule has 2 rings (SSSR count). The Bertz CT molecular complexity index is 442. The molecular weight excluding hydrogens is 304 g/mol. The standard InChI is InChI=1S/C14H23BrN4/c1-14(2,3)13-16-11(15)10-12(17-13)19-7-5-6-18(4)8-9-19/h10H,5-9H2,1-4H3. The monoisotopic (exact) mass is 326 g/mol. The van der Waals surface area contributed by atoms with Gasteiger partial charge < -0.3 is 9.80 Å². The van der Waals surface area contributed by atoms with Crippen LogP contribution in [-0.2, 0) is 5.41 Å². The molecule has 0 saturated carbocycles. The molecule has 1 aromatic heterocycles. The summed E-state index contributed by atoms with van der Waals surface area (Å²) in [5, 5.41) is 0. The van der Waals surface area contributed by atoms with Gasteiger partial charge in [-0.15, -0.1) is 0 Å². The minimum absolute atomic E-state index is 0.0266. The van der Waals surface area contributed by atoms with E-state index in [1.165, 1.54) is 6.42 Å². The maximum atomic E-state index is 4.76. The lowest BCUT2D eigenvalue weighted by Crippen LogP contribution is -2.30. The van der Waals surface area contributed by atoms with Gasteiger partial charge in [0.1, 0.15) is 16.2 Å². The first-order valence-corrected chi connectivity index (χ1v) is 7.64. The van der Waals surface area contributed by atoms with Crippen molar-refractivity contribution in [3.05, 3.63) is 16.5 Å². The second-order valence-electron chi connectivity index (χ2n) is 6.27. The van der Waals surface area contributed by atoms with Crippen molar-refractivity contribution in [3.63, 3.8) is 0 Å². The highest BCUT2D eigenvalue weighted by atomic mass is 79.9. The Balaban J connectivity index is 2.26. The molecule has 0 radical (unpaired) electrons. The van der Waals surface area contributed by atoms with Gasteiger partial charge in [-0.05, 0) is 35.9 Å². The molecule has 106 valence electrons. The lowest BCUT2D eigenvalue weighted by Gasteiger charge is -2.24. The average molecular weight is 327 g/mol. The largest absolute Gasteiger partial charge is 0.355 e. The topological polar surface area (TPSA) is 32.3 Å². The average Bonchev–Trinajstić information content (AvgIpc) is 2.52. The number of likely N-dealkylation sites (N-methyl/N-ethyl adjacent to an activating group) is 1. The molecular formula is C14H23BrN4. The van der Waals surface area contributed by atoms with Gasteiger partial charge in [-0.3, -0.25) is 0 Å². The molecule has 0 spiro atoms. The fourth-order valence-corrected chi connectivity index (χ4v) is 2.55. The summed E-state index contributed by atoms with van der Waals surface area (Å²) in [5.74, 6) is 1.94. The summed E-state index contributed by atoms with van der Waals surface area (Å²) >= 11 is 3.52. The van der Waals surface area contributed by atoms with Crippen LogP contribution in [0, 0.1) is 0 Å². The van der Waals surface area contributed by atoms with E-state index < -0.39 is 0 Å². The predicted octanol–water partition coefficient (Wildman–Crippen LogP) is 2.68. The molecule has 0 atom stereocenters. The highest BCUT2D eigenvalue weighted by Crippen LogP contribution is 2.24. The summed E-state index contributed by atoms with van der Waals surface area (Å²) in [6.07, 6.45) is 1.18. The summed E-state index contributed by atoms with van der Waals surface area (Å²) < 4.78 is 0.875. The van der Waals surface area contributed by atoms with Crippen LogP contribution in [0.25, 0.3) is 0 Å². The van der Waals surface area contributed by atoms with E-state index in [4.69, 9.17) is 4.98 Å². The van der Waals surface area contributed by atoms with Crippen molar-refractivity contribution < 1.29 is 0 Å². The van der Waals surface area contributed by atoms with Crippen LogP contribution >= 0.6 is 15.9 Å². The summed E-state index contributed by atoms with van der Waals surface area (Å²) in [5.41, 5.74) is -0.0266. The van der Waals surface area contributed by atoms with E-state index in [1.807, 2.05) is 6.07 Å². The number of hydrogen-bond acceptors (Lipinski definition) is 4. The van der Waals surface area contributed by atoms with Crippen LogP contribution in [0.2, 0.25) is 0 Å². The molecule has 0 aliphatic carbocycles. The second-order valence-corrected chi connectivity index (χ2v) is 7.08. The third-order valence-electron chi connectivity index (χ3n) is 3.40. The zero-order valence-electron chi connectivity index (χ0n) is 12.3. The van der Waals surface area contributed by atoms with E-state index >= 15 is 0 Å². The van der Waals surface area contributed by atoms with Gasteiger partial charge in [-0.1, -0.05) is 20.8 Å². The van der Waals surface area contributed by atoms with Crippen LogP contribution in [0.5, 0.6) is 0 Å². The molecule has 0 aromatic carbocycles. The first-order chi connectivity index (χ1) is 8.86. The Morgan fingerprint density at radius 1 is 1.11 bits per heavy atom. The Kier molecular flexibility index (Phi) is 4.46. The van der Waals surface area contributed by atoms with Crippen molar-refractivity contribution in [3.8, 4) is 0 Å². The van der Waals surface area contributed by atoms with Crippen molar-refractivity contribution >= 4 is 21.7 Å². The van der Waals surface area contributed by atoms with Crippen LogP contribution in [0.4, 0.5) is 5.82 Å². The normalized spacial score (nSPS) is 18.5. The van der Waals surface area contributed by atoms with Crippen molar-refractivity contribution in [2.24, 2.45) is 0 Å². The highest BCUT2D eigenvalue weighted by Gasteiger charge is 2.21. The molecule has 1 aromatic rings. The number of halogens is 1. The zero-order valence-corrected chi connectivity index (χ0v) is 13.9. The summed E-state index contributed by atoms with van der Waals surface area (Å²) in [4.78, 5) is 14.0. The van der Waals surface area contributed by atoms with E-state index in [2.05, 4.69) is 58.5 Å².